The van der Waals surface area contributed by atoms with E-state index in [0.29, 0.717) is 21.9 Å². The highest BCUT2D eigenvalue weighted by molar-refractivity contribution is 6.47. The van der Waals surface area contributed by atoms with Gasteiger partial charge < -0.3 is 19.5 Å². The first-order valence-electron chi connectivity index (χ1n) is 9.74. The van der Waals surface area contributed by atoms with Crippen LogP contribution in [-0.4, -0.2) is 48.1 Å². The van der Waals surface area contributed by atoms with E-state index in [4.69, 9.17) is 32.7 Å². The lowest BCUT2D eigenvalue weighted by Gasteiger charge is -2.25. The van der Waals surface area contributed by atoms with Crippen molar-refractivity contribution in [3.8, 4) is 5.75 Å². The number of halogens is 2. The molecule has 1 atom stereocenters. The summed E-state index contributed by atoms with van der Waals surface area (Å²) in [6.07, 6.45) is -0.00222. The summed E-state index contributed by atoms with van der Waals surface area (Å²) in [4.78, 5) is 27.1. The van der Waals surface area contributed by atoms with Crippen molar-refractivity contribution in [3.63, 3.8) is 0 Å². The number of carbonyl (C=O) groups excluding carboxylic acids is 2. The molecular weight excluding hydrogens is 441 g/mol. The molecule has 2 aromatic carbocycles. The van der Waals surface area contributed by atoms with Gasteiger partial charge in [-0.05, 0) is 55.8 Å². The Balaban J connectivity index is 2.12. The van der Waals surface area contributed by atoms with Crippen LogP contribution in [0.2, 0.25) is 10.0 Å². The first-order valence-corrected chi connectivity index (χ1v) is 10.5. The third-order valence-electron chi connectivity index (χ3n) is 4.83. The van der Waals surface area contributed by atoms with Crippen LogP contribution in [0.4, 0.5) is 0 Å². The minimum atomic E-state index is -0.869. The van der Waals surface area contributed by atoms with E-state index in [9.17, 15) is 14.7 Å². The lowest BCUT2D eigenvalue weighted by molar-refractivity contribution is -0.140. The van der Waals surface area contributed by atoms with Gasteiger partial charge in [-0.25, -0.2) is 0 Å². The monoisotopic (exact) mass is 463 g/mol. The molecule has 3 rings (SSSR count). The van der Waals surface area contributed by atoms with Crippen LogP contribution >= 0.6 is 23.2 Å². The van der Waals surface area contributed by atoms with Crippen molar-refractivity contribution in [1.29, 1.82) is 0 Å². The molecule has 0 saturated carbocycles. The first-order chi connectivity index (χ1) is 14.7. The average molecular weight is 464 g/mol. The van der Waals surface area contributed by atoms with Gasteiger partial charge in [0.2, 0.25) is 0 Å². The third kappa shape index (κ3) is 4.87. The second-order valence-electron chi connectivity index (χ2n) is 7.34. The van der Waals surface area contributed by atoms with Crippen molar-refractivity contribution in [1.82, 2.24) is 4.90 Å². The molecule has 0 aliphatic carbocycles. The predicted octanol–water partition coefficient (Wildman–Crippen LogP) is 4.85. The van der Waals surface area contributed by atoms with Crippen LogP contribution in [0, 0.1) is 0 Å². The van der Waals surface area contributed by atoms with Crippen LogP contribution in [0.25, 0.3) is 5.76 Å². The van der Waals surface area contributed by atoms with Gasteiger partial charge >= 0.3 is 0 Å². The number of ketones is 1. The molecule has 2 aromatic rings. The van der Waals surface area contributed by atoms with Crippen molar-refractivity contribution in [2.45, 2.75) is 26.0 Å². The van der Waals surface area contributed by atoms with E-state index in [1.165, 1.54) is 18.1 Å². The summed E-state index contributed by atoms with van der Waals surface area (Å²) < 4.78 is 10.7. The van der Waals surface area contributed by atoms with Crippen molar-refractivity contribution in [2.75, 3.05) is 20.3 Å². The van der Waals surface area contributed by atoms with Crippen LogP contribution in [0.5, 0.6) is 5.75 Å². The first kappa shape index (κ1) is 23.1. The van der Waals surface area contributed by atoms with E-state index >= 15 is 0 Å². The summed E-state index contributed by atoms with van der Waals surface area (Å²) in [5.41, 5.74) is 0.835. The minimum Gasteiger partial charge on any atom is -0.507 e. The maximum absolute atomic E-state index is 12.9. The van der Waals surface area contributed by atoms with Crippen molar-refractivity contribution < 1.29 is 24.2 Å². The normalized spacial score (nSPS) is 18.1. The van der Waals surface area contributed by atoms with Crippen LogP contribution in [0.15, 0.2) is 48.0 Å². The maximum atomic E-state index is 12.9. The quantitative estimate of drug-likeness (QED) is 0.360. The molecule has 0 bridgehead atoms. The highest BCUT2D eigenvalue weighted by atomic mass is 35.5. The van der Waals surface area contributed by atoms with Crippen molar-refractivity contribution >= 4 is 40.7 Å². The van der Waals surface area contributed by atoms with Crippen LogP contribution in [-0.2, 0) is 14.3 Å². The summed E-state index contributed by atoms with van der Waals surface area (Å²) in [7, 11) is 1.50. The Kier molecular flexibility index (Phi) is 7.26. The van der Waals surface area contributed by atoms with Gasteiger partial charge in [-0.3, -0.25) is 9.59 Å². The lowest BCUT2D eigenvalue weighted by Crippen LogP contribution is -2.32. The third-order valence-corrected chi connectivity index (χ3v) is 5.40. The fourth-order valence-electron chi connectivity index (χ4n) is 3.47. The SMILES string of the molecule is COCCN1C(=O)C(=O)C(=C(O)c2ccc(OC(C)C)cc2)[C@H]1c1ccc(Cl)cc1Cl. The molecule has 8 heteroatoms. The Morgan fingerprint density at radius 2 is 1.81 bits per heavy atom. The molecule has 1 aliphatic heterocycles. The predicted molar refractivity (Wildman–Crippen MR) is 120 cm³/mol. The molecule has 0 aromatic heterocycles. The molecule has 1 saturated heterocycles. The Morgan fingerprint density at radius 1 is 1.13 bits per heavy atom. The van der Waals surface area contributed by atoms with Gasteiger partial charge in [0.15, 0.2) is 0 Å². The summed E-state index contributed by atoms with van der Waals surface area (Å²) in [6.45, 7) is 4.19. The summed E-state index contributed by atoms with van der Waals surface area (Å²) >= 11 is 12.4. The minimum absolute atomic E-state index is 0.00222. The molecule has 1 fully saturated rings. The zero-order chi connectivity index (χ0) is 22.7. The number of methoxy groups -OCH3 is 1. The highest BCUT2D eigenvalue weighted by Gasteiger charge is 2.46. The number of carbonyl (C=O) groups is 2. The van der Waals surface area contributed by atoms with E-state index in [-0.39, 0.29) is 35.6 Å². The number of aliphatic hydroxyl groups is 1. The number of rotatable bonds is 7. The number of aliphatic hydroxyl groups excluding tert-OH is 1. The molecule has 0 spiro atoms. The van der Waals surface area contributed by atoms with E-state index in [1.54, 1.807) is 36.4 Å². The smallest absolute Gasteiger partial charge is 0.295 e. The zero-order valence-electron chi connectivity index (χ0n) is 17.4. The van der Waals surface area contributed by atoms with Crippen LogP contribution in [0.1, 0.15) is 31.0 Å². The van der Waals surface area contributed by atoms with Crippen LogP contribution in [0.3, 0.4) is 0 Å². The number of hydrogen-bond acceptors (Lipinski definition) is 5. The average Bonchev–Trinajstić information content (AvgIpc) is 2.96. The zero-order valence-corrected chi connectivity index (χ0v) is 18.9. The Labute approximate surface area is 191 Å². The maximum Gasteiger partial charge on any atom is 0.295 e. The largest absolute Gasteiger partial charge is 0.507 e. The number of nitrogens with zero attached hydrogens (tertiary/aromatic N) is 1. The number of Topliss-reactive ketones (excluding diaryl/α,β-unsaturated/α-hetero) is 1. The highest BCUT2D eigenvalue weighted by Crippen LogP contribution is 2.42. The molecule has 0 radical (unpaired) electrons. The molecular formula is C23H23Cl2NO5. The molecule has 164 valence electrons. The number of ether oxygens (including phenoxy) is 2. The Hall–Kier alpha value is -2.54. The van der Waals surface area contributed by atoms with E-state index in [2.05, 4.69) is 0 Å². The summed E-state index contributed by atoms with van der Waals surface area (Å²) in [5.74, 6) is -1.17. The van der Waals surface area contributed by atoms with E-state index in [1.807, 2.05) is 13.8 Å². The number of benzene rings is 2. The number of likely N-dealkylation sites (tertiary alicyclic amines) is 1. The van der Waals surface area contributed by atoms with Gasteiger partial charge in [-0.15, -0.1) is 0 Å². The second kappa shape index (κ2) is 9.73. The van der Waals surface area contributed by atoms with Gasteiger partial charge in [-0.1, -0.05) is 29.3 Å². The Bertz CT molecular complexity index is 1020. The van der Waals surface area contributed by atoms with Crippen LogP contribution < -0.4 is 4.74 Å². The summed E-state index contributed by atoms with van der Waals surface area (Å²) in [5, 5.41) is 11.7. The van der Waals surface area contributed by atoms with E-state index < -0.39 is 17.7 Å². The molecule has 1 amide bonds. The molecule has 1 N–H and O–H groups in total. The summed E-state index contributed by atoms with van der Waals surface area (Å²) in [6, 6.07) is 10.6. The molecule has 31 heavy (non-hydrogen) atoms. The molecule has 1 aliphatic rings. The van der Waals surface area contributed by atoms with E-state index in [0.717, 1.165) is 0 Å². The van der Waals surface area contributed by atoms with Gasteiger partial charge in [0.1, 0.15) is 11.5 Å². The van der Waals surface area contributed by atoms with Gasteiger partial charge in [0.25, 0.3) is 11.7 Å². The molecule has 6 nitrogen and oxygen atoms in total. The van der Waals surface area contributed by atoms with Gasteiger partial charge in [0.05, 0.1) is 24.3 Å². The lowest BCUT2D eigenvalue weighted by atomic mass is 9.95. The van der Waals surface area contributed by atoms with Gasteiger partial charge in [-0.2, -0.15) is 0 Å². The number of amides is 1. The Morgan fingerprint density at radius 3 is 2.39 bits per heavy atom. The van der Waals surface area contributed by atoms with Crippen molar-refractivity contribution in [3.05, 3.63) is 69.2 Å². The fraction of sp³-hybridized carbons (Fsp3) is 0.304. The molecule has 0 unspecified atom stereocenters. The van der Waals surface area contributed by atoms with Crippen molar-refractivity contribution in [2.24, 2.45) is 0 Å². The molecule has 1 heterocycles. The second-order valence-corrected chi connectivity index (χ2v) is 8.19. The fourth-order valence-corrected chi connectivity index (χ4v) is 3.98. The standard InChI is InChI=1S/C23H23Cl2NO5/c1-13(2)31-16-7-4-14(5-8-16)21(27)19-20(17-9-6-15(24)12-18(17)25)26(10-11-30-3)23(29)22(19)28/h4-9,12-13,20,27H,10-11H2,1-3H3/t20-/m1/s1. The topological polar surface area (TPSA) is 76.1 Å². The van der Waals surface area contributed by atoms with Gasteiger partial charge in [0, 0.05) is 29.3 Å². The number of hydrogen-bond donors (Lipinski definition) is 1.